The number of ether oxygens (including phenoxy) is 1. The van der Waals surface area contributed by atoms with Gasteiger partial charge in [-0.05, 0) is 97.6 Å². The maximum atomic E-state index is 14.7. The van der Waals surface area contributed by atoms with Gasteiger partial charge in [0.05, 0.1) is 27.2 Å². The van der Waals surface area contributed by atoms with Gasteiger partial charge in [-0.2, -0.15) is 0 Å². The number of aromatic amines is 1. The first-order chi connectivity index (χ1) is 24.4. The Kier molecular flexibility index (Phi) is 7.47. The Balaban J connectivity index is 0.933. The molecule has 6 aromatic rings. The molecule has 3 aliphatic heterocycles. The van der Waals surface area contributed by atoms with Crippen LogP contribution in [0.4, 0.5) is 21.6 Å². The SMILES string of the molecule is O=C(Nc1ccc(C(=O)N2CCc3cc(-c4nc5ccccc5[nH]4)sc3-c3ccc(F)cc32)cc1)c1cccnc1N1CC2(CCOCC2)C1. The molecule has 6 heterocycles. The minimum atomic E-state index is -0.409. The van der Waals surface area contributed by atoms with E-state index in [-0.39, 0.29) is 17.2 Å². The molecule has 3 aromatic heterocycles. The van der Waals surface area contributed by atoms with Crippen molar-refractivity contribution in [3.8, 4) is 21.1 Å². The number of nitrogens with zero attached hydrogens (tertiary/aromatic N) is 4. The minimum absolute atomic E-state index is 0.239. The number of fused-ring (bicyclic) bond motifs is 4. The fraction of sp³-hybridized carbons (Fsp3) is 0.231. The van der Waals surface area contributed by atoms with E-state index in [2.05, 4.69) is 26.3 Å². The second-order valence-corrected chi connectivity index (χ2v) is 14.4. The number of thiophene rings is 1. The molecular weight excluding hydrogens is 652 g/mol. The van der Waals surface area contributed by atoms with E-state index in [9.17, 15) is 14.0 Å². The summed E-state index contributed by atoms with van der Waals surface area (Å²) in [4.78, 5) is 46.0. The minimum Gasteiger partial charge on any atom is -0.381 e. The molecule has 2 amide bonds. The number of anilines is 3. The second kappa shape index (κ2) is 12.2. The number of halogens is 1. The molecule has 0 unspecified atom stereocenters. The molecule has 0 bridgehead atoms. The Labute approximate surface area is 291 Å². The van der Waals surface area contributed by atoms with Gasteiger partial charge >= 0.3 is 0 Å². The van der Waals surface area contributed by atoms with Crippen LogP contribution in [0, 0.1) is 11.2 Å². The Bertz CT molecular complexity index is 2230. The first kappa shape index (κ1) is 30.7. The Hall–Kier alpha value is -5.39. The zero-order valence-corrected chi connectivity index (χ0v) is 27.9. The molecule has 0 aliphatic carbocycles. The van der Waals surface area contributed by atoms with Crippen LogP contribution in [0.1, 0.15) is 39.1 Å². The zero-order chi connectivity index (χ0) is 33.8. The maximum absolute atomic E-state index is 14.7. The molecule has 3 aromatic carbocycles. The summed E-state index contributed by atoms with van der Waals surface area (Å²) < 4.78 is 20.3. The van der Waals surface area contributed by atoms with Gasteiger partial charge in [-0.25, -0.2) is 14.4 Å². The lowest BCUT2D eigenvalue weighted by Gasteiger charge is -2.53. The fourth-order valence-corrected chi connectivity index (χ4v) is 8.61. The standard InChI is InChI=1S/C39H33FN6O3S/c40-26-9-12-28-32(21-26)46(17-13-25-20-33(50-34(25)28)35-43-30-5-1-2-6-31(30)44-35)38(48)24-7-10-27(11-8-24)42-37(47)29-4-3-16-41-36(29)45-22-39(23-45)14-18-49-19-15-39/h1-12,16,20-21H,13-15,17-19,22-23H2,(H,42,47)(H,43,44). The van der Waals surface area contributed by atoms with Crippen molar-refractivity contribution in [1.29, 1.82) is 0 Å². The molecule has 2 saturated heterocycles. The molecule has 2 N–H and O–H groups in total. The number of H-pyrrole nitrogens is 1. The van der Waals surface area contributed by atoms with E-state index in [1.54, 1.807) is 64.9 Å². The third-order valence-electron chi connectivity index (χ3n) is 10.1. The Morgan fingerprint density at radius 1 is 0.960 bits per heavy atom. The van der Waals surface area contributed by atoms with Gasteiger partial charge in [-0.3, -0.25) is 9.59 Å². The molecule has 9 nitrogen and oxygen atoms in total. The maximum Gasteiger partial charge on any atom is 0.259 e. The number of nitrogens with one attached hydrogen (secondary N) is 2. The smallest absolute Gasteiger partial charge is 0.259 e. The number of imidazole rings is 1. The number of rotatable bonds is 5. The number of carbonyl (C=O) groups excluding carboxylic acids is 2. The average Bonchev–Trinajstić information content (AvgIpc) is 3.73. The second-order valence-electron chi connectivity index (χ2n) is 13.3. The number of aromatic nitrogens is 3. The van der Waals surface area contributed by atoms with E-state index in [1.807, 2.05) is 24.3 Å². The normalized spacial score (nSPS) is 16.4. The Morgan fingerprint density at radius 2 is 1.78 bits per heavy atom. The summed E-state index contributed by atoms with van der Waals surface area (Å²) in [7, 11) is 0. The van der Waals surface area contributed by atoms with Gasteiger partial charge in [0.25, 0.3) is 11.8 Å². The van der Waals surface area contributed by atoms with Gasteiger partial charge in [-0.15, -0.1) is 11.3 Å². The number of hydrogen-bond acceptors (Lipinski definition) is 7. The van der Waals surface area contributed by atoms with Crippen molar-refractivity contribution in [2.45, 2.75) is 19.3 Å². The fourth-order valence-electron chi connectivity index (χ4n) is 7.42. The van der Waals surface area contributed by atoms with E-state index in [0.29, 0.717) is 41.3 Å². The van der Waals surface area contributed by atoms with Crippen molar-refractivity contribution in [1.82, 2.24) is 15.0 Å². The van der Waals surface area contributed by atoms with E-state index in [4.69, 9.17) is 9.72 Å². The van der Waals surface area contributed by atoms with Gasteiger partial charge in [-0.1, -0.05) is 12.1 Å². The van der Waals surface area contributed by atoms with Crippen molar-refractivity contribution < 1.29 is 18.7 Å². The molecule has 50 heavy (non-hydrogen) atoms. The van der Waals surface area contributed by atoms with Crippen LogP contribution in [-0.4, -0.2) is 59.6 Å². The first-order valence-corrected chi connectivity index (χ1v) is 17.6. The molecule has 2 fully saturated rings. The number of carbonyl (C=O) groups is 2. The summed E-state index contributed by atoms with van der Waals surface area (Å²) >= 11 is 1.59. The molecule has 0 atom stereocenters. The summed E-state index contributed by atoms with van der Waals surface area (Å²) in [5.74, 6) is 0.561. The highest BCUT2D eigenvalue weighted by Gasteiger charge is 2.45. The van der Waals surface area contributed by atoms with Crippen LogP contribution in [-0.2, 0) is 11.2 Å². The monoisotopic (exact) mass is 684 g/mol. The third-order valence-corrected chi connectivity index (χ3v) is 11.3. The predicted octanol–water partition coefficient (Wildman–Crippen LogP) is 7.56. The summed E-state index contributed by atoms with van der Waals surface area (Å²) in [5, 5.41) is 2.98. The van der Waals surface area contributed by atoms with Crippen LogP contribution < -0.4 is 15.1 Å². The third kappa shape index (κ3) is 5.43. The quantitative estimate of drug-likeness (QED) is 0.194. The highest BCUT2D eigenvalue weighted by Crippen LogP contribution is 2.45. The van der Waals surface area contributed by atoms with E-state index < -0.39 is 5.82 Å². The summed E-state index contributed by atoms with van der Waals surface area (Å²) in [6, 6.07) is 25.1. The van der Waals surface area contributed by atoms with Crippen LogP contribution in [0.3, 0.4) is 0 Å². The summed E-state index contributed by atoms with van der Waals surface area (Å²) in [5.41, 5.74) is 6.04. The predicted molar refractivity (Wildman–Crippen MR) is 194 cm³/mol. The molecule has 250 valence electrons. The van der Waals surface area contributed by atoms with Gasteiger partial charge in [0, 0.05) is 66.2 Å². The number of hydrogen-bond donors (Lipinski definition) is 2. The number of amides is 2. The first-order valence-electron chi connectivity index (χ1n) is 16.8. The molecule has 0 radical (unpaired) electrons. The summed E-state index contributed by atoms with van der Waals surface area (Å²) in [6.45, 7) is 3.67. The zero-order valence-electron chi connectivity index (χ0n) is 27.1. The lowest BCUT2D eigenvalue weighted by Crippen LogP contribution is -2.59. The average molecular weight is 685 g/mol. The van der Waals surface area contributed by atoms with E-state index in [1.165, 1.54) is 12.1 Å². The van der Waals surface area contributed by atoms with Crippen LogP contribution >= 0.6 is 11.3 Å². The van der Waals surface area contributed by atoms with Crippen molar-refractivity contribution >= 4 is 51.4 Å². The largest absolute Gasteiger partial charge is 0.381 e. The molecule has 0 saturated carbocycles. The molecule has 3 aliphatic rings. The van der Waals surface area contributed by atoms with E-state index >= 15 is 0 Å². The van der Waals surface area contributed by atoms with Crippen molar-refractivity contribution in [2.24, 2.45) is 5.41 Å². The molecular formula is C39H33FN6O3S. The van der Waals surface area contributed by atoms with Crippen LogP contribution in [0.2, 0.25) is 0 Å². The van der Waals surface area contributed by atoms with E-state index in [0.717, 1.165) is 76.9 Å². The highest BCUT2D eigenvalue weighted by atomic mass is 32.1. The van der Waals surface area contributed by atoms with Crippen molar-refractivity contribution in [2.75, 3.05) is 48.0 Å². The van der Waals surface area contributed by atoms with Crippen LogP contribution in [0.15, 0.2) is 91.1 Å². The molecule has 9 rings (SSSR count). The number of para-hydroxylation sites is 2. The Morgan fingerprint density at radius 3 is 2.60 bits per heavy atom. The lowest BCUT2D eigenvalue weighted by atomic mass is 9.73. The van der Waals surface area contributed by atoms with Crippen LogP contribution in [0.25, 0.3) is 32.2 Å². The molecule has 1 spiro atoms. The van der Waals surface area contributed by atoms with Gasteiger partial charge < -0.3 is 24.8 Å². The van der Waals surface area contributed by atoms with Crippen LogP contribution in [0.5, 0.6) is 0 Å². The highest BCUT2D eigenvalue weighted by molar-refractivity contribution is 7.19. The number of pyridine rings is 1. The van der Waals surface area contributed by atoms with Crippen molar-refractivity contribution in [3.63, 3.8) is 0 Å². The molecule has 11 heteroatoms. The van der Waals surface area contributed by atoms with Gasteiger partial charge in [0.15, 0.2) is 0 Å². The summed E-state index contributed by atoms with van der Waals surface area (Å²) in [6.07, 6.45) is 4.37. The van der Waals surface area contributed by atoms with Gasteiger partial charge in [0.1, 0.15) is 17.5 Å². The van der Waals surface area contributed by atoms with Gasteiger partial charge in [0.2, 0.25) is 0 Å². The topological polar surface area (TPSA) is 103 Å². The number of benzene rings is 3. The lowest BCUT2D eigenvalue weighted by molar-refractivity contribution is -0.000509. The van der Waals surface area contributed by atoms with Crippen molar-refractivity contribution in [3.05, 3.63) is 114 Å².